The van der Waals surface area contributed by atoms with E-state index in [0.29, 0.717) is 23.3 Å². The molecule has 0 N–H and O–H groups in total. The molecule has 4 heterocycles. The second-order valence-electron chi connectivity index (χ2n) is 20.5. The van der Waals surface area contributed by atoms with E-state index in [0.717, 1.165) is 59.1 Å². The first-order chi connectivity index (χ1) is 30.6. The fourth-order valence-corrected chi connectivity index (χ4v) is 9.74. The lowest BCUT2D eigenvalue weighted by Crippen LogP contribution is -2.30. The van der Waals surface area contributed by atoms with Gasteiger partial charge in [0.15, 0.2) is 0 Å². The van der Waals surface area contributed by atoms with E-state index in [1.54, 1.807) is 0 Å². The highest BCUT2D eigenvalue weighted by atomic mass is 35.5. The molecule has 2 saturated heterocycles. The van der Waals surface area contributed by atoms with E-state index in [9.17, 15) is 0 Å². The molecule has 64 heavy (non-hydrogen) atoms. The van der Waals surface area contributed by atoms with Crippen molar-refractivity contribution in [1.82, 2.24) is 28.9 Å². The van der Waals surface area contributed by atoms with Crippen molar-refractivity contribution in [2.75, 3.05) is 40.3 Å². The van der Waals surface area contributed by atoms with Gasteiger partial charge >= 0.3 is 0 Å². The number of imidazole rings is 2. The second kappa shape index (κ2) is 21.5. The number of benzene rings is 4. The van der Waals surface area contributed by atoms with Crippen LogP contribution in [-0.2, 0) is 37.1 Å². The summed E-state index contributed by atoms with van der Waals surface area (Å²) in [7, 11) is 4.46. The fraction of sp³-hybridized carbons (Fsp3) is 0.519. The maximum atomic E-state index is 6.10. The number of para-hydroxylation sites is 2. The zero-order chi connectivity index (χ0) is 45.4. The number of piperidine rings is 2. The van der Waals surface area contributed by atoms with Gasteiger partial charge in [0.05, 0.1) is 22.1 Å². The monoisotopic (exact) mass is 907 g/mol. The summed E-state index contributed by atoms with van der Waals surface area (Å²) in [5.41, 5.74) is 7.38. The molecule has 2 fully saturated rings. The van der Waals surface area contributed by atoms with Crippen molar-refractivity contribution in [2.24, 2.45) is 11.8 Å². The van der Waals surface area contributed by atoms with Gasteiger partial charge in [-0.2, -0.15) is 0 Å². The van der Waals surface area contributed by atoms with Gasteiger partial charge in [0.25, 0.3) is 0 Å². The molecule has 0 radical (unpaired) electrons. The number of hydrogen-bond donors (Lipinski definition) is 0. The number of fused-ring (bicyclic) bond motifs is 2. The van der Waals surface area contributed by atoms with E-state index in [-0.39, 0.29) is 10.8 Å². The van der Waals surface area contributed by atoms with Crippen LogP contribution in [0.4, 0.5) is 0 Å². The second-order valence-corrected chi connectivity index (χ2v) is 21.3. The minimum Gasteiger partial charge on any atom is -0.486 e. The molecule has 8 rings (SSSR count). The van der Waals surface area contributed by atoms with Crippen molar-refractivity contribution in [1.29, 1.82) is 0 Å². The van der Waals surface area contributed by atoms with E-state index in [4.69, 9.17) is 42.6 Å². The van der Waals surface area contributed by atoms with Gasteiger partial charge in [-0.05, 0) is 186 Å². The third kappa shape index (κ3) is 12.6. The van der Waals surface area contributed by atoms with Gasteiger partial charge in [-0.15, -0.1) is 0 Å². The molecule has 4 aromatic carbocycles. The average Bonchev–Trinajstić information content (AvgIpc) is 3.81. The summed E-state index contributed by atoms with van der Waals surface area (Å²) < 4.78 is 17.0. The zero-order valence-electron chi connectivity index (χ0n) is 39.8. The van der Waals surface area contributed by atoms with E-state index >= 15 is 0 Å². The third-order valence-electron chi connectivity index (χ3n) is 13.3. The van der Waals surface area contributed by atoms with E-state index < -0.39 is 0 Å². The largest absolute Gasteiger partial charge is 0.486 e. The Hall–Kier alpha value is -4.08. The van der Waals surface area contributed by atoms with Gasteiger partial charge in [-0.3, -0.25) is 0 Å². The summed E-state index contributed by atoms with van der Waals surface area (Å²) in [5, 5.41) is 1.43. The summed E-state index contributed by atoms with van der Waals surface area (Å²) in [6, 6.07) is 28.2. The lowest BCUT2D eigenvalue weighted by atomic mass is 9.86. The van der Waals surface area contributed by atoms with Crippen molar-refractivity contribution < 1.29 is 9.47 Å². The maximum Gasteiger partial charge on any atom is 0.148 e. The molecule has 0 spiro atoms. The molecule has 10 heteroatoms. The molecule has 0 atom stereocenters. The van der Waals surface area contributed by atoms with Crippen LogP contribution in [0.3, 0.4) is 0 Å². The molecule has 0 aliphatic carbocycles. The van der Waals surface area contributed by atoms with Gasteiger partial charge in [0, 0.05) is 23.1 Å². The molecule has 8 nitrogen and oxygen atoms in total. The molecule has 344 valence electrons. The number of likely N-dealkylation sites (tertiary alicyclic amines) is 2. The Bertz CT molecular complexity index is 2350. The minimum absolute atomic E-state index is 0.0428. The van der Waals surface area contributed by atoms with Gasteiger partial charge in [-0.1, -0.05) is 89.0 Å². The Morgan fingerprint density at radius 2 is 1.02 bits per heavy atom. The average molecular weight is 908 g/mol. The van der Waals surface area contributed by atoms with Crippen molar-refractivity contribution in [3.63, 3.8) is 0 Å². The number of aryl methyl sites for hydroxylation is 2. The molecule has 0 bridgehead atoms. The van der Waals surface area contributed by atoms with Crippen LogP contribution in [0, 0.1) is 11.8 Å². The number of rotatable bonds is 14. The van der Waals surface area contributed by atoms with Crippen molar-refractivity contribution >= 4 is 45.3 Å². The highest BCUT2D eigenvalue weighted by molar-refractivity contribution is 6.30. The summed E-state index contributed by atoms with van der Waals surface area (Å²) >= 11 is 12.0. The normalized spacial score (nSPS) is 16.0. The Morgan fingerprint density at radius 3 is 1.52 bits per heavy atom. The van der Waals surface area contributed by atoms with Crippen LogP contribution in [-0.4, -0.2) is 69.2 Å². The van der Waals surface area contributed by atoms with Crippen molar-refractivity contribution in [3.05, 3.63) is 118 Å². The lowest BCUT2D eigenvalue weighted by molar-refractivity contribution is 0.208. The molecule has 6 aromatic rings. The SMILES string of the molecule is CN1CCC(CCCn2c(COc3ccc(Cl)cc3)nc3c(C(C)(C)C)cccc32)CC1.CN1CCC(CCCn2c(COc3ccc(Cl)cc3)nc3cccc(C(C)(C)C)c32)CC1. The van der Waals surface area contributed by atoms with Gasteiger partial charge in [-0.25, -0.2) is 9.97 Å². The van der Waals surface area contributed by atoms with Crippen LogP contribution < -0.4 is 9.47 Å². The topological polar surface area (TPSA) is 60.6 Å². The number of aromatic nitrogens is 4. The van der Waals surface area contributed by atoms with Gasteiger partial charge < -0.3 is 28.4 Å². The number of hydrogen-bond acceptors (Lipinski definition) is 6. The molecule has 0 amide bonds. The molecule has 0 saturated carbocycles. The minimum atomic E-state index is 0.0428. The predicted molar refractivity (Wildman–Crippen MR) is 267 cm³/mol. The summed E-state index contributed by atoms with van der Waals surface area (Å²) in [5.74, 6) is 5.31. The number of nitrogens with zero attached hydrogens (tertiary/aromatic N) is 6. The fourth-order valence-electron chi connectivity index (χ4n) is 9.48. The maximum absolute atomic E-state index is 6.10. The summed E-state index contributed by atoms with van der Waals surface area (Å²) in [6.45, 7) is 21.4. The molecule has 2 aliphatic rings. The Labute approximate surface area is 393 Å². The molecule has 0 unspecified atom stereocenters. The van der Waals surface area contributed by atoms with Crippen LogP contribution in [0.2, 0.25) is 10.0 Å². The quantitative estimate of drug-likeness (QED) is 0.109. The molecular weight excluding hydrogens is 836 g/mol. The molecule has 2 aromatic heterocycles. The van der Waals surface area contributed by atoms with Gasteiger partial charge in [0.1, 0.15) is 36.4 Å². The first-order valence-corrected chi connectivity index (χ1v) is 24.5. The first-order valence-electron chi connectivity index (χ1n) is 23.7. The third-order valence-corrected chi connectivity index (χ3v) is 13.9. The van der Waals surface area contributed by atoms with Gasteiger partial charge in [0.2, 0.25) is 0 Å². The Morgan fingerprint density at radius 1 is 0.562 bits per heavy atom. The zero-order valence-corrected chi connectivity index (χ0v) is 41.3. The number of ether oxygens (including phenoxy) is 2. The molecular formula is C54H72Cl2N6O2. The Kier molecular flexibility index (Phi) is 16.1. The van der Waals surface area contributed by atoms with E-state index in [1.807, 2.05) is 48.5 Å². The standard InChI is InChI=1S/2C27H36ClN3O/c1-27(2,3)23-8-5-9-24-26(23)29-25(19-32-22-12-10-21(28)11-13-22)31(24)16-6-7-20-14-17-30(4)18-15-20;1-27(2,3)23-8-5-9-24-26(23)31(16-6-7-20-14-17-30(4)18-15-20)25(29-24)19-32-22-12-10-21(28)11-13-22/h2*5,8-13,20H,6-7,14-19H2,1-4H3. The van der Waals surface area contributed by atoms with Crippen molar-refractivity contribution in [3.8, 4) is 11.5 Å². The van der Waals surface area contributed by atoms with Crippen LogP contribution in [0.25, 0.3) is 22.1 Å². The van der Waals surface area contributed by atoms with Crippen LogP contribution in [0.1, 0.15) is 116 Å². The van der Waals surface area contributed by atoms with Crippen LogP contribution >= 0.6 is 23.2 Å². The highest BCUT2D eigenvalue weighted by Crippen LogP contribution is 2.34. The van der Waals surface area contributed by atoms with Crippen LogP contribution in [0.5, 0.6) is 11.5 Å². The van der Waals surface area contributed by atoms with Crippen molar-refractivity contribution in [2.45, 2.75) is 130 Å². The first kappa shape index (κ1) is 47.9. The molecule has 2 aliphatic heterocycles. The smallest absolute Gasteiger partial charge is 0.148 e. The van der Waals surface area contributed by atoms with E-state index in [2.05, 4.69) is 111 Å². The highest BCUT2D eigenvalue weighted by Gasteiger charge is 2.25. The number of halogens is 2. The van der Waals surface area contributed by atoms with E-state index in [1.165, 1.54) is 99.7 Å². The Balaban J connectivity index is 0.000000191. The predicted octanol–water partition coefficient (Wildman–Crippen LogP) is 13.4. The summed E-state index contributed by atoms with van der Waals surface area (Å²) in [6.07, 6.45) is 10.2. The lowest BCUT2D eigenvalue weighted by Gasteiger charge is -2.29. The summed E-state index contributed by atoms with van der Waals surface area (Å²) in [4.78, 5) is 15.0. The van der Waals surface area contributed by atoms with Crippen LogP contribution in [0.15, 0.2) is 84.9 Å².